The molecule has 0 fully saturated rings. The minimum Gasteiger partial charge on any atom is -0.392 e. The molecule has 88 valence electrons. The van der Waals surface area contributed by atoms with E-state index in [0.717, 1.165) is 11.3 Å². The first-order valence-corrected chi connectivity index (χ1v) is 5.25. The third-order valence-electron chi connectivity index (χ3n) is 2.39. The zero-order chi connectivity index (χ0) is 12.1. The highest BCUT2D eigenvalue weighted by atomic mass is 16.3. The third-order valence-corrected chi connectivity index (χ3v) is 2.39. The zero-order valence-corrected chi connectivity index (χ0v) is 9.18. The van der Waals surface area contributed by atoms with Crippen LogP contribution in [0.5, 0.6) is 0 Å². The Bertz CT molecular complexity index is 477. The van der Waals surface area contributed by atoms with E-state index in [2.05, 4.69) is 15.3 Å². The second-order valence-corrected chi connectivity index (χ2v) is 3.61. The molecule has 0 aliphatic rings. The van der Waals surface area contributed by atoms with Crippen molar-refractivity contribution in [3.8, 4) is 0 Å². The van der Waals surface area contributed by atoms with Gasteiger partial charge < -0.3 is 15.4 Å². The van der Waals surface area contributed by atoms with Crippen LogP contribution in [0, 0.1) is 0 Å². The van der Waals surface area contributed by atoms with Gasteiger partial charge in [-0.15, -0.1) is 0 Å². The van der Waals surface area contributed by atoms with Crippen LogP contribution in [0.15, 0.2) is 36.8 Å². The van der Waals surface area contributed by atoms with Crippen LogP contribution in [0.25, 0.3) is 0 Å². The Labute approximate surface area is 98.5 Å². The molecule has 1 amide bonds. The van der Waals surface area contributed by atoms with Gasteiger partial charge in [-0.25, -0.2) is 4.98 Å². The molecule has 0 atom stereocenters. The van der Waals surface area contributed by atoms with Gasteiger partial charge in [-0.3, -0.25) is 4.79 Å². The first-order chi connectivity index (χ1) is 8.29. The summed E-state index contributed by atoms with van der Waals surface area (Å²) in [5, 5.41) is 11.6. The van der Waals surface area contributed by atoms with Gasteiger partial charge in [0.25, 0.3) is 5.91 Å². The topological polar surface area (TPSA) is 78.0 Å². The Morgan fingerprint density at radius 2 is 2.12 bits per heavy atom. The van der Waals surface area contributed by atoms with Crippen LogP contribution in [-0.4, -0.2) is 21.0 Å². The number of nitrogens with zero attached hydrogens (tertiary/aromatic N) is 1. The smallest absolute Gasteiger partial charge is 0.251 e. The number of aromatic nitrogens is 2. The van der Waals surface area contributed by atoms with E-state index in [0.29, 0.717) is 12.1 Å². The molecule has 0 aliphatic heterocycles. The van der Waals surface area contributed by atoms with Gasteiger partial charge in [0.1, 0.15) is 0 Å². The molecule has 1 heterocycles. The highest BCUT2D eigenvalue weighted by Gasteiger charge is 2.05. The van der Waals surface area contributed by atoms with Crippen molar-refractivity contribution in [1.82, 2.24) is 15.3 Å². The average molecular weight is 231 g/mol. The van der Waals surface area contributed by atoms with Crippen molar-refractivity contribution in [2.24, 2.45) is 0 Å². The summed E-state index contributed by atoms with van der Waals surface area (Å²) in [7, 11) is 0. The first-order valence-electron chi connectivity index (χ1n) is 5.25. The summed E-state index contributed by atoms with van der Waals surface area (Å²) < 4.78 is 0. The van der Waals surface area contributed by atoms with Crippen LogP contribution in [0.2, 0.25) is 0 Å². The van der Waals surface area contributed by atoms with E-state index >= 15 is 0 Å². The number of hydrogen-bond acceptors (Lipinski definition) is 3. The lowest BCUT2D eigenvalue weighted by Crippen LogP contribution is -2.22. The van der Waals surface area contributed by atoms with Crippen LogP contribution < -0.4 is 5.32 Å². The Kier molecular flexibility index (Phi) is 3.52. The van der Waals surface area contributed by atoms with Crippen LogP contribution in [0.4, 0.5) is 0 Å². The summed E-state index contributed by atoms with van der Waals surface area (Å²) in [5.74, 6) is -0.149. The van der Waals surface area contributed by atoms with Gasteiger partial charge in [-0.1, -0.05) is 12.1 Å². The Morgan fingerprint density at radius 1 is 1.35 bits per heavy atom. The molecule has 0 saturated carbocycles. The Balaban J connectivity index is 1.95. The number of carbonyl (C=O) groups excluding carboxylic acids is 1. The zero-order valence-electron chi connectivity index (χ0n) is 9.18. The molecule has 17 heavy (non-hydrogen) atoms. The van der Waals surface area contributed by atoms with Gasteiger partial charge in [0, 0.05) is 11.8 Å². The number of amides is 1. The van der Waals surface area contributed by atoms with Crippen molar-refractivity contribution in [2.45, 2.75) is 13.2 Å². The van der Waals surface area contributed by atoms with E-state index in [1.165, 1.54) is 0 Å². The average Bonchev–Trinajstić information content (AvgIpc) is 2.89. The molecule has 1 aromatic carbocycles. The van der Waals surface area contributed by atoms with Crippen LogP contribution in [0.3, 0.4) is 0 Å². The molecule has 5 heteroatoms. The van der Waals surface area contributed by atoms with Gasteiger partial charge in [-0.2, -0.15) is 0 Å². The number of hydrogen-bond donors (Lipinski definition) is 3. The number of rotatable bonds is 4. The Morgan fingerprint density at radius 3 is 2.71 bits per heavy atom. The summed E-state index contributed by atoms with van der Waals surface area (Å²) in [4.78, 5) is 18.5. The third kappa shape index (κ3) is 2.92. The lowest BCUT2D eigenvalue weighted by molar-refractivity contribution is 0.0950. The number of imidazole rings is 1. The van der Waals surface area contributed by atoms with Gasteiger partial charge in [-0.05, 0) is 17.7 Å². The second kappa shape index (κ2) is 5.27. The Hall–Kier alpha value is -2.14. The predicted molar refractivity (Wildman–Crippen MR) is 62.1 cm³/mol. The number of H-pyrrole nitrogens is 1. The number of nitrogens with one attached hydrogen (secondary N) is 2. The molecular formula is C12H13N3O2. The number of benzene rings is 1. The van der Waals surface area contributed by atoms with Crippen molar-refractivity contribution in [2.75, 3.05) is 0 Å². The normalized spacial score (nSPS) is 10.2. The van der Waals surface area contributed by atoms with E-state index in [9.17, 15) is 4.79 Å². The van der Waals surface area contributed by atoms with Gasteiger partial charge in [0.2, 0.25) is 0 Å². The van der Waals surface area contributed by atoms with E-state index < -0.39 is 0 Å². The molecule has 2 rings (SSSR count). The number of aliphatic hydroxyl groups excluding tert-OH is 1. The molecule has 5 nitrogen and oxygen atoms in total. The quantitative estimate of drug-likeness (QED) is 0.729. The minimum absolute atomic E-state index is 0.0178. The molecule has 0 spiro atoms. The van der Waals surface area contributed by atoms with Crippen molar-refractivity contribution in [3.05, 3.63) is 53.6 Å². The molecule has 0 radical (unpaired) electrons. The van der Waals surface area contributed by atoms with Crippen molar-refractivity contribution < 1.29 is 9.90 Å². The predicted octanol–water partition coefficient (Wildman–Crippen LogP) is 0.832. The van der Waals surface area contributed by atoms with Crippen LogP contribution in [-0.2, 0) is 13.2 Å². The summed E-state index contributed by atoms with van der Waals surface area (Å²) in [5.41, 5.74) is 2.21. The maximum absolute atomic E-state index is 11.7. The SMILES string of the molecule is O=C(NCc1cnc[nH]1)c1ccc(CO)cc1. The van der Waals surface area contributed by atoms with E-state index in [-0.39, 0.29) is 12.5 Å². The summed E-state index contributed by atoms with van der Waals surface area (Å²) >= 11 is 0. The maximum atomic E-state index is 11.7. The lowest BCUT2D eigenvalue weighted by atomic mass is 10.1. The standard InChI is InChI=1S/C12H13N3O2/c16-7-9-1-3-10(4-2-9)12(17)14-6-11-5-13-8-15-11/h1-5,8,16H,6-7H2,(H,13,15)(H,14,17). The van der Waals surface area contributed by atoms with Gasteiger partial charge in [0.15, 0.2) is 0 Å². The van der Waals surface area contributed by atoms with E-state index in [1.54, 1.807) is 36.8 Å². The highest BCUT2D eigenvalue weighted by Crippen LogP contribution is 2.04. The fraction of sp³-hybridized carbons (Fsp3) is 0.167. The monoisotopic (exact) mass is 231 g/mol. The largest absolute Gasteiger partial charge is 0.392 e. The molecule has 0 unspecified atom stereocenters. The highest BCUT2D eigenvalue weighted by molar-refractivity contribution is 5.94. The lowest BCUT2D eigenvalue weighted by Gasteiger charge is -2.04. The number of carbonyl (C=O) groups is 1. The van der Waals surface area contributed by atoms with Gasteiger partial charge >= 0.3 is 0 Å². The van der Waals surface area contributed by atoms with E-state index in [4.69, 9.17) is 5.11 Å². The van der Waals surface area contributed by atoms with Crippen molar-refractivity contribution in [3.63, 3.8) is 0 Å². The number of aromatic amines is 1. The molecule has 0 saturated heterocycles. The molecule has 1 aromatic heterocycles. The molecule has 3 N–H and O–H groups in total. The number of aliphatic hydroxyl groups is 1. The van der Waals surface area contributed by atoms with Crippen molar-refractivity contribution >= 4 is 5.91 Å². The van der Waals surface area contributed by atoms with Gasteiger partial charge in [0.05, 0.1) is 25.2 Å². The van der Waals surface area contributed by atoms with Crippen LogP contribution in [0.1, 0.15) is 21.6 Å². The fourth-order valence-electron chi connectivity index (χ4n) is 1.42. The molecule has 2 aromatic rings. The van der Waals surface area contributed by atoms with E-state index in [1.807, 2.05) is 0 Å². The fourth-order valence-corrected chi connectivity index (χ4v) is 1.42. The van der Waals surface area contributed by atoms with Crippen LogP contribution >= 0.6 is 0 Å². The minimum atomic E-state index is -0.149. The summed E-state index contributed by atoms with van der Waals surface area (Å²) in [6.45, 7) is 0.399. The summed E-state index contributed by atoms with van der Waals surface area (Å²) in [6.07, 6.45) is 3.23. The first kappa shape index (κ1) is 11.3. The van der Waals surface area contributed by atoms with Crippen molar-refractivity contribution in [1.29, 1.82) is 0 Å². The summed E-state index contributed by atoms with van der Waals surface area (Å²) in [6, 6.07) is 6.83. The molecule has 0 bridgehead atoms. The molecule has 0 aliphatic carbocycles. The maximum Gasteiger partial charge on any atom is 0.251 e. The molecular weight excluding hydrogens is 218 g/mol. The second-order valence-electron chi connectivity index (χ2n) is 3.61.